The van der Waals surface area contributed by atoms with E-state index >= 15 is 0 Å². The molecule has 2 heterocycles. The van der Waals surface area contributed by atoms with E-state index in [2.05, 4.69) is 10.6 Å². The van der Waals surface area contributed by atoms with Crippen LogP contribution in [-0.4, -0.2) is 138 Å². The fourth-order valence-electron chi connectivity index (χ4n) is 5.63. The van der Waals surface area contributed by atoms with Gasteiger partial charge in [-0.05, 0) is 25.8 Å². The van der Waals surface area contributed by atoms with Gasteiger partial charge in [0.2, 0.25) is 0 Å². The minimum atomic E-state index is -1.42. The predicted octanol–water partition coefficient (Wildman–Crippen LogP) is -5.39. The van der Waals surface area contributed by atoms with Crippen molar-refractivity contribution < 1.29 is 39.7 Å². The smallest absolute Gasteiger partial charge is 0.186 e. The van der Waals surface area contributed by atoms with Gasteiger partial charge in [0.25, 0.3) is 0 Å². The Morgan fingerprint density at radius 2 is 1.76 bits per heavy atom. The van der Waals surface area contributed by atoms with Crippen LogP contribution in [-0.2, 0) is 14.2 Å². The van der Waals surface area contributed by atoms with Gasteiger partial charge in [0.05, 0.1) is 37.1 Å². The summed E-state index contributed by atoms with van der Waals surface area (Å²) in [5, 5.41) is 58.5. The van der Waals surface area contributed by atoms with Crippen molar-refractivity contribution >= 4 is 0 Å². The van der Waals surface area contributed by atoms with Crippen LogP contribution in [0.25, 0.3) is 0 Å². The average Bonchev–Trinajstić information content (AvgIpc) is 2.89. The second-order valence-electron chi connectivity index (χ2n) is 10.5. The van der Waals surface area contributed by atoms with Crippen molar-refractivity contribution in [2.45, 2.75) is 105 Å². The molecule has 0 aromatic carbocycles. The molecule has 15 N–H and O–H groups in total. The van der Waals surface area contributed by atoms with Crippen LogP contribution in [0.1, 0.15) is 26.2 Å². The third kappa shape index (κ3) is 7.35. The van der Waals surface area contributed by atoms with Crippen molar-refractivity contribution in [1.82, 2.24) is 10.6 Å². The molecule has 2 saturated heterocycles. The molecule has 2 aliphatic heterocycles. The van der Waals surface area contributed by atoms with E-state index in [9.17, 15) is 25.5 Å². The highest BCUT2D eigenvalue weighted by atomic mass is 16.7. The molecule has 3 rings (SSSR count). The van der Waals surface area contributed by atoms with E-state index in [1.165, 1.54) is 0 Å². The average molecular weight is 537 g/mol. The zero-order chi connectivity index (χ0) is 27.3. The highest BCUT2D eigenvalue weighted by Gasteiger charge is 2.52. The van der Waals surface area contributed by atoms with Crippen molar-refractivity contribution in [3.63, 3.8) is 0 Å². The molecule has 1 aliphatic carbocycles. The Bertz CT molecular complexity index is 681. The quantitative estimate of drug-likeness (QED) is 0.118. The molecular formula is C23H48N6O8. The topological polar surface area (TPSA) is 257 Å². The zero-order valence-corrected chi connectivity index (χ0v) is 21.5. The van der Waals surface area contributed by atoms with Gasteiger partial charge >= 0.3 is 0 Å². The maximum absolute atomic E-state index is 11.6. The van der Waals surface area contributed by atoms with Crippen molar-refractivity contribution in [3.05, 3.63) is 0 Å². The van der Waals surface area contributed by atoms with Gasteiger partial charge in [-0.15, -0.1) is 0 Å². The molecule has 14 atom stereocenters. The first-order valence-electron chi connectivity index (χ1n) is 13.3. The van der Waals surface area contributed by atoms with E-state index in [0.29, 0.717) is 19.4 Å². The first-order chi connectivity index (χ1) is 17.6. The fourth-order valence-corrected chi connectivity index (χ4v) is 5.63. The molecule has 14 heteroatoms. The number of nitrogens with one attached hydrogen (secondary N) is 2. The number of nitrogens with two attached hydrogens (primary N) is 4. The fraction of sp³-hybridized carbons (Fsp3) is 1.00. The molecule has 37 heavy (non-hydrogen) atoms. The summed E-state index contributed by atoms with van der Waals surface area (Å²) in [6.45, 7) is 3.10. The third-order valence-corrected chi connectivity index (χ3v) is 7.86. The minimum absolute atomic E-state index is 0.0375. The number of aliphatic hydroxyl groups excluding tert-OH is 5. The number of likely N-dealkylation sites (N-methyl/N-ethyl adjacent to an activating group) is 1. The SMILES string of the molecule is CCNCC1CCC(N)C(C2C(N)CC(NCC(O)CN)C(OC3OC(CO)C(O)C(N)C3O)C2O)O1. The van der Waals surface area contributed by atoms with Gasteiger partial charge in [-0.1, -0.05) is 6.92 Å². The second kappa shape index (κ2) is 14.2. The summed E-state index contributed by atoms with van der Waals surface area (Å²) in [6.07, 6.45) is -6.88. The van der Waals surface area contributed by atoms with E-state index in [-0.39, 0.29) is 25.2 Å². The first kappa shape index (κ1) is 31.0. The largest absolute Gasteiger partial charge is 0.394 e. The standard InChI is InChI=1S/C23H48N6O8/c1-2-28-8-11-3-4-12(25)21(35-11)16-13(26)5-14(29-7-10(31)6-24)22(19(16)33)37-23-20(34)17(27)18(32)15(9-30)36-23/h10-23,28-34H,2-9,24-27H2,1H3. The van der Waals surface area contributed by atoms with E-state index in [1.807, 2.05) is 6.92 Å². The molecule has 1 saturated carbocycles. The number of aliphatic hydroxyl groups is 5. The number of hydrogen-bond donors (Lipinski definition) is 11. The maximum atomic E-state index is 11.6. The molecule has 14 unspecified atom stereocenters. The molecule has 218 valence electrons. The zero-order valence-electron chi connectivity index (χ0n) is 21.5. The lowest BCUT2D eigenvalue weighted by Gasteiger charge is -2.51. The number of ether oxygens (including phenoxy) is 3. The summed E-state index contributed by atoms with van der Waals surface area (Å²) in [5.41, 5.74) is 24.5. The van der Waals surface area contributed by atoms with Gasteiger partial charge in [0.15, 0.2) is 6.29 Å². The van der Waals surface area contributed by atoms with Crippen LogP contribution in [0, 0.1) is 5.92 Å². The molecule has 3 fully saturated rings. The Labute approximate surface area is 218 Å². The molecule has 0 aromatic rings. The summed E-state index contributed by atoms with van der Waals surface area (Å²) in [7, 11) is 0. The Morgan fingerprint density at radius 3 is 2.41 bits per heavy atom. The summed E-state index contributed by atoms with van der Waals surface area (Å²) in [6, 6.07) is -2.54. The third-order valence-electron chi connectivity index (χ3n) is 7.86. The highest BCUT2D eigenvalue weighted by Crippen LogP contribution is 2.36. The molecule has 0 amide bonds. The summed E-state index contributed by atoms with van der Waals surface area (Å²) in [5.74, 6) is -0.587. The van der Waals surface area contributed by atoms with Gasteiger partial charge < -0.3 is 73.3 Å². The van der Waals surface area contributed by atoms with Crippen LogP contribution >= 0.6 is 0 Å². The maximum Gasteiger partial charge on any atom is 0.186 e. The Balaban J connectivity index is 1.82. The van der Waals surface area contributed by atoms with Gasteiger partial charge in [-0.2, -0.15) is 0 Å². The van der Waals surface area contributed by atoms with Gasteiger partial charge in [-0.25, -0.2) is 0 Å². The number of rotatable bonds is 11. The van der Waals surface area contributed by atoms with E-state index in [4.69, 9.17) is 37.1 Å². The van der Waals surface area contributed by atoms with Gasteiger partial charge in [0, 0.05) is 43.7 Å². The van der Waals surface area contributed by atoms with E-state index in [0.717, 1.165) is 13.0 Å². The normalized spacial score (nSPS) is 46.1. The van der Waals surface area contributed by atoms with E-state index < -0.39 is 79.7 Å². The molecule has 0 bridgehead atoms. The minimum Gasteiger partial charge on any atom is -0.394 e. The summed E-state index contributed by atoms with van der Waals surface area (Å²) in [4.78, 5) is 0. The lowest BCUT2D eigenvalue weighted by molar-refractivity contribution is -0.306. The molecule has 0 aromatic heterocycles. The summed E-state index contributed by atoms with van der Waals surface area (Å²) < 4.78 is 18.1. The Kier molecular flexibility index (Phi) is 11.9. The van der Waals surface area contributed by atoms with Crippen molar-refractivity contribution in [2.75, 3.05) is 32.8 Å². The summed E-state index contributed by atoms with van der Waals surface area (Å²) >= 11 is 0. The van der Waals surface area contributed by atoms with Crippen LogP contribution in [0.3, 0.4) is 0 Å². The van der Waals surface area contributed by atoms with Crippen LogP contribution in [0.15, 0.2) is 0 Å². The second-order valence-corrected chi connectivity index (χ2v) is 10.5. The monoisotopic (exact) mass is 536 g/mol. The molecule has 3 aliphatic rings. The number of hydrogen-bond acceptors (Lipinski definition) is 14. The highest BCUT2D eigenvalue weighted by molar-refractivity contribution is 5.05. The van der Waals surface area contributed by atoms with E-state index in [1.54, 1.807) is 0 Å². The van der Waals surface area contributed by atoms with Gasteiger partial charge in [0.1, 0.15) is 24.4 Å². The molecule has 0 spiro atoms. The van der Waals surface area contributed by atoms with Gasteiger partial charge in [-0.3, -0.25) is 0 Å². The van der Waals surface area contributed by atoms with Crippen LogP contribution in [0.4, 0.5) is 0 Å². The molecule has 0 radical (unpaired) electrons. The Hall–Kier alpha value is -0.560. The van der Waals surface area contributed by atoms with Crippen LogP contribution < -0.4 is 33.6 Å². The van der Waals surface area contributed by atoms with Crippen molar-refractivity contribution in [2.24, 2.45) is 28.9 Å². The van der Waals surface area contributed by atoms with Crippen LogP contribution in [0.2, 0.25) is 0 Å². The Morgan fingerprint density at radius 1 is 1.03 bits per heavy atom. The predicted molar refractivity (Wildman–Crippen MR) is 134 cm³/mol. The van der Waals surface area contributed by atoms with Crippen LogP contribution in [0.5, 0.6) is 0 Å². The first-order valence-corrected chi connectivity index (χ1v) is 13.3. The lowest BCUT2D eigenvalue weighted by atomic mass is 9.72. The lowest BCUT2D eigenvalue weighted by Crippen LogP contribution is -2.69. The van der Waals surface area contributed by atoms with Crippen molar-refractivity contribution in [1.29, 1.82) is 0 Å². The van der Waals surface area contributed by atoms with Crippen molar-refractivity contribution in [3.8, 4) is 0 Å². The molecule has 14 nitrogen and oxygen atoms in total. The molecular weight excluding hydrogens is 488 g/mol.